The summed E-state index contributed by atoms with van der Waals surface area (Å²) in [4.78, 5) is 27.2. The zero-order valence-electron chi connectivity index (χ0n) is 17.0. The third-order valence-electron chi connectivity index (χ3n) is 6.11. The van der Waals surface area contributed by atoms with Crippen molar-refractivity contribution in [3.8, 4) is 11.3 Å². The molecule has 0 spiro atoms. The van der Waals surface area contributed by atoms with Crippen molar-refractivity contribution >= 4 is 17.3 Å². The van der Waals surface area contributed by atoms with Crippen LogP contribution in [0.3, 0.4) is 0 Å². The highest BCUT2D eigenvalue weighted by Crippen LogP contribution is 2.28. The number of rotatable bonds is 5. The Labute approximate surface area is 175 Å². The molecule has 154 valence electrons. The molecule has 1 saturated heterocycles. The second-order valence-corrected chi connectivity index (χ2v) is 8.35. The van der Waals surface area contributed by atoms with E-state index >= 15 is 0 Å². The molecule has 1 aliphatic carbocycles. The van der Waals surface area contributed by atoms with E-state index in [4.69, 9.17) is 0 Å². The number of amides is 2. The number of aromatic nitrogens is 2. The molecule has 2 aliphatic rings. The maximum Gasteiger partial charge on any atom is 0.257 e. The van der Waals surface area contributed by atoms with Crippen molar-refractivity contribution in [1.29, 1.82) is 0 Å². The van der Waals surface area contributed by atoms with Gasteiger partial charge in [-0.25, -0.2) is 4.52 Å². The van der Waals surface area contributed by atoms with Gasteiger partial charge in [-0.3, -0.25) is 9.59 Å². The van der Waals surface area contributed by atoms with Gasteiger partial charge < -0.3 is 10.2 Å². The molecule has 0 unspecified atom stereocenters. The van der Waals surface area contributed by atoms with Crippen LogP contribution in [0.5, 0.6) is 0 Å². The topological polar surface area (TPSA) is 66.7 Å². The van der Waals surface area contributed by atoms with E-state index in [9.17, 15) is 9.59 Å². The largest absolute Gasteiger partial charge is 0.352 e. The summed E-state index contributed by atoms with van der Waals surface area (Å²) in [6, 6.07) is 13.4. The lowest BCUT2D eigenvalue weighted by Gasteiger charge is -2.26. The number of nitrogens with zero attached hydrogens (tertiary/aromatic N) is 3. The molecule has 2 fully saturated rings. The van der Waals surface area contributed by atoms with Crippen molar-refractivity contribution in [2.24, 2.45) is 5.92 Å². The summed E-state index contributed by atoms with van der Waals surface area (Å²) in [6.45, 7) is 2.40. The number of hydrogen-bond acceptors (Lipinski definition) is 3. The molecule has 1 saturated carbocycles. The quantitative estimate of drug-likeness (QED) is 0.707. The number of hydrogen-bond donors (Lipinski definition) is 1. The van der Waals surface area contributed by atoms with E-state index in [0.29, 0.717) is 17.0 Å². The Kier molecular flexibility index (Phi) is 4.99. The van der Waals surface area contributed by atoms with Crippen molar-refractivity contribution < 1.29 is 9.59 Å². The van der Waals surface area contributed by atoms with Crippen LogP contribution in [0.15, 0.2) is 48.7 Å². The Bertz CT molecular complexity index is 1080. The van der Waals surface area contributed by atoms with Crippen LogP contribution in [-0.2, 0) is 0 Å². The first-order valence-electron chi connectivity index (χ1n) is 10.9. The molecular formula is C24H26N4O2. The normalized spacial score (nSPS) is 16.6. The third-order valence-corrected chi connectivity index (χ3v) is 6.11. The van der Waals surface area contributed by atoms with Gasteiger partial charge in [0.1, 0.15) is 0 Å². The predicted octanol–water partition coefficient (Wildman–Crippen LogP) is 3.77. The average Bonchev–Trinajstić information content (AvgIpc) is 3.54. The van der Waals surface area contributed by atoms with Gasteiger partial charge >= 0.3 is 0 Å². The van der Waals surface area contributed by atoms with Crippen LogP contribution < -0.4 is 5.32 Å². The highest BCUT2D eigenvalue weighted by molar-refractivity contribution is 6.01. The second kappa shape index (κ2) is 7.94. The van der Waals surface area contributed by atoms with Crippen LogP contribution >= 0.6 is 0 Å². The first-order valence-corrected chi connectivity index (χ1v) is 10.9. The lowest BCUT2D eigenvalue weighted by atomic mass is 10.1. The van der Waals surface area contributed by atoms with Crippen molar-refractivity contribution in [1.82, 2.24) is 19.8 Å². The minimum absolute atomic E-state index is 0.0276. The molecule has 0 radical (unpaired) electrons. The van der Waals surface area contributed by atoms with E-state index in [1.807, 2.05) is 51.9 Å². The van der Waals surface area contributed by atoms with Gasteiger partial charge in [-0.05, 0) is 62.3 Å². The van der Waals surface area contributed by atoms with Crippen molar-refractivity contribution in [2.45, 2.75) is 32.1 Å². The minimum Gasteiger partial charge on any atom is -0.352 e. The van der Waals surface area contributed by atoms with Crippen LogP contribution in [-0.4, -0.2) is 46.0 Å². The molecule has 6 heteroatoms. The molecule has 0 bridgehead atoms. The molecule has 3 heterocycles. The first-order chi connectivity index (χ1) is 14.7. The van der Waals surface area contributed by atoms with Gasteiger partial charge in [-0.2, -0.15) is 5.10 Å². The summed E-state index contributed by atoms with van der Waals surface area (Å²) in [5.41, 5.74) is 3.98. The molecule has 0 atom stereocenters. The Morgan fingerprint density at radius 1 is 1.00 bits per heavy atom. The van der Waals surface area contributed by atoms with Crippen molar-refractivity contribution in [2.75, 3.05) is 19.6 Å². The molecular weight excluding hydrogens is 376 g/mol. The predicted molar refractivity (Wildman–Crippen MR) is 115 cm³/mol. The maximum absolute atomic E-state index is 13.0. The van der Waals surface area contributed by atoms with Crippen LogP contribution in [0.25, 0.3) is 16.8 Å². The van der Waals surface area contributed by atoms with Gasteiger partial charge in [0.15, 0.2) is 0 Å². The van der Waals surface area contributed by atoms with Crippen LogP contribution in [0.1, 0.15) is 52.8 Å². The molecule has 1 N–H and O–H groups in total. The van der Waals surface area contributed by atoms with E-state index in [-0.39, 0.29) is 11.8 Å². The monoisotopic (exact) mass is 402 g/mol. The molecule has 2 aromatic heterocycles. The zero-order chi connectivity index (χ0) is 20.5. The molecule has 30 heavy (non-hydrogen) atoms. The molecule has 2 amide bonds. The number of pyridine rings is 1. The van der Waals surface area contributed by atoms with E-state index < -0.39 is 0 Å². The van der Waals surface area contributed by atoms with E-state index in [1.165, 1.54) is 19.3 Å². The fourth-order valence-corrected chi connectivity index (χ4v) is 4.12. The van der Waals surface area contributed by atoms with Gasteiger partial charge in [0.05, 0.1) is 23.0 Å². The summed E-state index contributed by atoms with van der Waals surface area (Å²) >= 11 is 0. The minimum atomic E-state index is -0.0276. The summed E-state index contributed by atoms with van der Waals surface area (Å²) in [7, 11) is 0. The fraction of sp³-hybridized carbons (Fsp3) is 0.375. The van der Waals surface area contributed by atoms with Gasteiger partial charge in [0.25, 0.3) is 11.8 Å². The number of nitrogens with one attached hydrogen (secondary N) is 1. The number of likely N-dealkylation sites (tertiary alicyclic amines) is 1. The van der Waals surface area contributed by atoms with E-state index in [0.717, 1.165) is 49.2 Å². The number of carbonyl (C=O) groups is 2. The molecule has 3 aromatic rings. The fourth-order valence-electron chi connectivity index (χ4n) is 4.12. The molecule has 1 aliphatic heterocycles. The third kappa shape index (κ3) is 3.70. The second-order valence-electron chi connectivity index (χ2n) is 8.35. The molecule has 6 nitrogen and oxygen atoms in total. The van der Waals surface area contributed by atoms with Crippen molar-refractivity contribution in [3.05, 3.63) is 59.8 Å². The van der Waals surface area contributed by atoms with Crippen molar-refractivity contribution in [3.63, 3.8) is 0 Å². The SMILES string of the molecule is O=C(NCC1CC1)c1ccc(-c2cccc3c(C(=O)N4CCCCC4)cnn23)cc1. The van der Waals surface area contributed by atoms with Crippen LogP contribution in [0.2, 0.25) is 0 Å². The van der Waals surface area contributed by atoms with Crippen LogP contribution in [0, 0.1) is 5.92 Å². The lowest BCUT2D eigenvalue weighted by Crippen LogP contribution is -2.35. The Hall–Kier alpha value is -3.15. The van der Waals surface area contributed by atoms with E-state index in [1.54, 1.807) is 6.20 Å². The summed E-state index contributed by atoms with van der Waals surface area (Å²) in [6.07, 6.45) is 7.44. The lowest BCUT2D eigenvalue weighted by molar-refractivity contribution is 0.0726. The van der Waals surface area contributed by atoms with Gasteiger partial charge in [-0.1, -0.05) is 18.2 Å². The van der Waals surface area contributed by atoms with Gasteiger partial charge in [0.2, 0.25) is 0 Å². The maximum atomic E-state index is 13.0. The zero-order valence-corrected chi connectivity index (χ0v) is 17.0. The van der Waals surface area contributed by atoms with E-state index in [2.05, 4.69) is 10.4 Å². The summed E-state index contributed by atoms with van der Waals surface area (Å²) in [5.74, 6) is 0.692. The molecule has 1 aromatic carbocycles. The number of carbonyl (C=O) groups excluding carboxylic acids is 2. The molecule has 5 rings (SSSR count). The highest BCUT2D eigenvalue weighted by Gasteiger charge is 2.23. The number of benzene rings is 1. The summed E-state index contributed by atoms with van der Waals surface area (Å²) in [5, 5.41) is 7.51. The Balaban J connectivity index is 1.39. The van der Waals surface area contributed by atoms with Crippen LogP contribution in [0.4, 0.5) is 0 Å². The first kappa shape index (κ1) is 18.9. The smallest absolute Gasteiger partial charge is 0.257 e. The highest BCUT2D eigenvalue weighted by atomic mass is 16.2. The standard InChI is InChI=1S/C24H26N4O2/c29-23(25-15-17-7-8-17)19-11-9-18(10-12-19)21-5-4-6-22-20(16-26-28(21)22)24(30)27-13-2-1-3-14-27/h4-6,9-12,16-17H,1-3,7-8,13-15H2,(H,25,29). The number of fused-ring (bicyclic) bond motifs is 1. The average molecular weight is 402 g/mol. The Morgan fingerprint density at radius 3 is 2.50 bits per heavy atom. The van der Waals surface area contributed by atoms with Gasteiger partial charge in [0, 0.05) is 30.8 Å². The number of piperidine rings is 1. The summed E-state index contributed by atoms with van der Waals surface area (Å²) < 4.78 is 1.82. The Morgan fingerprint density at radius 2 is 1.77 bits per heavy atom. The van der Waals surface area contributed by atoms with Gasteiger partial charge in [-0.15, -0.1) is 0 Å².